The van der Waals surface area contributed by atoms with E-state index in [1.165, 1.54) is 32.5 Å². The predicted octanol–water partition coefficient (Wildman–Crippen LogP) is 2.56. The number of pyridine rings is 1. The fraction of sp³-hybridized carbons (Fsp3) is 0.643. The molecule has 0 aromatic carbocycles. The first kappa shape index (κ1) is 11.2. The SMILES string of the molecule is Brc1cncc(OC2C3CC4CC2CN(C4)C3)c1. The Balaban J connectivity index is 1.55. The minimum absolute atomic E-state index is 0.411. The van der Waals surface area contributed by atoms with Crippen LogP contribution in [0.15, 0.2) is 22.9 Å². The number of ether oxygens (including phenoxy) is 1. The summed E-state index contributed by atoms with van der Waals surface area (Å²) in [6.07, 6.45) is 6.76. The fourth-order valence-corrected chi connectivity index (χ4v) is 4.51. The zero-order chi connectivity index (χ0) is 12.1. The molecule has 3 saturated heterocycles. The lowest BCUT2D eigenvalue weighted by atomic mass is 9.66. The van der Waals surface area contributed by atoms with E-state index in [2.05, 4.69) is 25.8 Å². The summed E-state index contributed by atoms with van der Waals surface area (Å²) < 4.78 is 7.25. The van der Waals surface area contributed by atoms with E-state index in [1.807, 2.05) is 12.3 Å². The van der Waals surface area contributed by atoms with Crippen molar-refractivity contribution in [1.82, 2.24) is 9.88 Å². The van der Waals surface area contributed by atoms with Crippen LogP contribution < -0.4 is 4.74 Å². The average Bonchev–Trinajstić information content (AvgIpc) is 2.33. The zero-order valence-corrected chi connectivity index (χ0v) is 11.8. The number of hydrogen-bond acceptors (Lipinski definition) is 3. The Labute approximate surface area is 116 Å². The van der Waals surface area contributed by atoms with Crippen LogP contribution in [0.5, 0.6) is 5.75 Å². The van der Waals surface area contributed by atoms with Gasteiger partial charge < -0.3 is 9.64 Å². The average molecular weight is 309 g/mol. The molecule has 4 heterocycles. The van der Waals surface area contributed by atoms with E-state index in [0.29, 0.717) is 6.10 Å². The van der Waals surface area contributed by atoms with Crippen LogP contribution in [-0.2, 0) is 0 Å². The van der Waals surface area contributed by atoms with Crippen LogP contribution >= 0.6 is 15.9 Å². The molecule has 1 aromatic rings. The van der Waals surface area contributed by atoms with E-state index >= 15 is 0 Å². The third-order valence-corrected chi connectivity index (χ3v) is 5.09. The third-order valence-electron chi connectivity index (χ3n) is 4.66. The van der Waals surface area contributed by atoms with Crippen LogP contribution in [0.2, 0.25) is 0 Å². The molecule has 0 spiro atoms. The summed E-state index contributed by atoms with van der Waals surface area (Å²) in [6.45, 7) is 3.80. The highest BCUT2D eigenvalue weighted by Crippen LogP contribution is 2.44. The van der Waals surface area contributed by atoms with Gasteiger partial charge >= 0.3 is 0 Å². The second kappa shape index (κ2) is 4.20. The summed E-state index contributed by atoms with van der Waals surface area (Å²) in [7, 11) is 0. The summed E-state index contributed by atoms with van der Waals surface area (Å²) in [5.74, 6) is 3.31. The summed E-state index contributed by atoms with van der Waals surface area (Å²) in [4.78, 5) is 6.82. The van der Waals surface area contributed by atoms with Crippen molar-refractivity contribution in [1.29, 1.82) is 0 Å². The molecule has 0 amide bonds. The van der Waals surface area contributed by atoms with E-state index in [4.69, 9.17) is 4.74 Å². The van der Waals surface area contributed by atoms with Crippen molar-refractivity contribution in [3.05, 3.63) is 22.9 Å². The van der Waals surface area contributed by atoms with E-state index in [-0.39, 0.29) is 0 Å². The molecule has 96 valence electrons. The van der Waals surface area contributed by atoms with E-state index < -0.39 is 0 Å². The van der Waals surface area contributed by atoms with Crippen molar-refractivity contribution in [2.75, 3.05) is 19.6 Å². The van der Waals surface area contributed by atoms with Crippen molar-refractivity contribution in [3.63, 3.8) is 0 Å². The lowest BCUT2D eigenvalue weighted by Gasteiger charge is -2.55. The van der Waals surface area contributed by atoms with Gasteiger partial charge in [-0.05, 0) is 40.8 Å². The quantitative estimate of drug-likeness (QED) is 0.839. The van der Waals surface area contributed by atoms with Gasteiger partial charge in [-0.1, -0.05) is 0 Å². The van der Waals surface area contributed by atoms with Gasteiger partial charge in [0, 0.05) is 42.1 Å². The van der Waals surface area contributed by atoms with E-state index in [0.717, 1.165) is 28.0 Å². The van der Waals surface area contributed by atoms with E-state index in [1.54, 1.807) is 6.20 Å². The van der Waals surface area contributed by atoms with Gasteiger partial charge in [0.1, 0.15) is 11.9 Å². The highest BCUT2D eigenvalue weighted by molar-refractivity contribution is 9.10. The van der Waals surface area contributed by atoms with Gasteiger partial charge in [-0.3, -0.25) is 4.98 Å². The maximum Gasteiger partial charge on any atom is 0.139 e. The van der Waals surface area contributed by atoms with Crippen molar-refractivity contribution >= 4 is 15.9 Å². The first-order chi connectivity index (χ1) is 8.78. The molecule has 4 aliphatic rings. The van der Waals surface area contributed by atoms with Gasteiger partial charge in [-0.2, -0.15) is 0 Å². The highest BCUT2D eigenvalue weighted by atomic mass is 79.9. The summed E-state index contributed by atoms with van der Waals surface area (Å²) >= 11 is 3.45. The van der Waals surface area contributed by atoms with Gasteiger partial charge in [0.05, 0.1) is 6.20 Å². The molecule has 1 aromatic heterocycles. The highest BCUT2D eigenvalue weighted by Gasteiger charge is 2.48. The topological polar surface area (TPSA) is 25.4 Å². The van der Waals surface area contributed by atoms with Crippen molar-refractivity contribution < 1.29 is 4.74 Å². The second-order valence-corrected chi connectivity index (χ2v) is 6.91. The number of piperidine rings is 3. The molecule has 2 atom stereocenters. The third kappa shape index (κ3) is 1.86. The monoisotopic (exact) mass is 308 g/mol. The summed E-state index contributed by atoms with van der Waals surface area (Å²) in [5.41, 5.74) is 0. The zero-order valence-electron chi connectivity index (χ0n) is 10.3. The second-order valence-electron chi connectivity index (χ2n) is 6.00. The Morgan fingerprint density at radius 2 is 1.94 bits per heavy atom. The van der Waals surface area contributed by atoms with Crippen LogP contribution in [-0.4, -0.2) is 35.6 Å². The Kier molecular flexibility index (Phi) is 2.62. The van der Waals surface area contributed by atoms with Crippen LogP contribution in [0.4, 0.5) is 0 Å². The molecule has 0 N–H and O–H groups in total. The maximum absolute atomic E-state index is 6.25. The predicted molar refractivity (Wildman–Crippen MR) is 72.5 cm³/mol. The first-order valence-corrected chi connectivity index (χ1v) is 7.57. The number of rotatable bonds is 2. The number of hydrogen-bond donors (Lipinski definition) is 0. The van der Waals surface area contributed by atoms with Gasteiger partial charge in [-0.25, -0.2) is 0 Å². The Morgan fingerprint density at radius 1 is 1.17 bits per heavy atom. The Bertz CT molecular complexity index is 437. The van der Waals surface area contributed by atoms with Gasteiger partial charge in [-0.15, -0.1) is 0 Å². The molecule has 4 heteroatoms. The Morgan fingerprint density at radius 3 is 2.61 bits per heavy atom. The molecule has 5 rings (SSSR count). The minimum atomic E-state index is 0.411. The number of nitrogens with zero attached hydrogens (tertiary/aromatic N) is 2. The van der Waals surface area contributed by atoms with Crippen molar-refractivity contribution in [3.8, 4) is 5.75 Å². The lowest BCUT2D eigenvalue weighted by molar-refractivity contribution is -0.0985. The molecule has 3 nitrogen and oxygen atoms in total. The van der Waals surface area contributed by atoms with Crippen LogP contribution in [0.3, 0.4) is 0 Å². The lowest BCUT2D eigenvalue weighted by Crippen LogP contribution is -2.61. The molecule has 1 aliphatic carbocycles. The molecule has 4 fully saturated rings. The molecule has 1 saturated carbocycles. The molecule has 18 heavy (non-hydrogen) atoms. The normalized spacial score (nSPS) is 41.1. The fourth-order valence-electron chi connectivity index (χ4n) is 4.17. The van der Waals surface area contributed by atoms with Crippen molar-refractivity contribution in [2.45, 2.75) is 18.9 Å². The molecular formula is C14H17BrN2O. The van der Waals surface area contributed by atoms with Gasteiger partial charge in [0.25, 0.3) is 0 Å². The molecule has 0 radical (unpaired) electrons. The molecular weight excluding hydrogens is 292 g/mol. The largest absolute Gasteiger partial charge is 0.488 e. The summed E-state index contributed by atoms with van der Waals surface area (Å²) in [6, 6.07) is 2.03. The minimum Gasteiger partial charge on any atom is -0.488 e. The van der Waals surface area contributed by atoms with E-state index in [9.17, 15) is 0 Å². The van der Waals surface area contributed by atoms with Crippen LogP contribution in [0.25, 0.3) is 0 Å². The first-order valence-electron chi connectivity index (χ1n) is 6.77. The van der Waals surface area contributed by atoms with Crippen LogP contribution in [0.1, 0.15) is 12.8 Å². The number of halogens is 1. The van der Waals surface area contributed by atoms with Crippen molar-refractivity contribution in [2.24, 2.45) is 17.8 Å². The standard InChI is InChI=1S/C14H17BrN2O/c15-12-3-13(5-16-4-12)18-14-10-1-9-2-11(14)8-17(6-9)7-10/h3-5,9-11,14H,1-2,6-8H2. The van der Waals surface area contributed by atoms with Crippen LogP contribution in [0, 0.1) is 17.8 Å². The molecule has 4 bridgehead atoms. The Hall–Kier alpha value is -0.610. The van der Waals surface area contributed by atoms with Gasteiger partial charge in [0.2, 0.25) is 0 Å². The maximum atomic E-state index is 6.25. The number of aromatic nitrogens is 1. The molecule has 3 aliphatic heterocycles. The molecule has 2 unspecified atom stereocenters. The van der Waals surface area contributed by atoms with Gasteiger partial charge in [0.15, 0.2) is 0 Å². The summed E-state index contributed by atoms with van der Waals surface area (Å²) in [5, 5.41) is 0. The smallest absolute Gasteiger partial charge is 0.139 e.